The minimum atomic E-state index is -0.147. The Hall–Kier alpha value is -2.43. The Morgan fingerprint density at radius 1 is 1.09 bits per heavy atom. The van der Waals surface area contributed by atoms with Gasteiger partial charge in [0.25, 0.3) is 5.91 Å². The Balaban J connectivity index is 1.63. The van der Waals surface area contributed by atoms with Crippen LogP contribution in [0.1, 0.15) is 48.1 Å². The van der Waals surface area contributed by atoms with Gasteiger partial charge in [-0.3, -0.25) is 4.79 Å². The van der Waals surface area contributed by atoms with Crippen LogP contribution >= 0.6 is 0 Å². The third-order valence-electron chi connectivity index (χ3n) is 4.19. The molecule has 1 aromatic heterocycles. The van der Waals surface area contributed by atoms with Crippen LogP contribution in [-0.4, -0.2) is 29.0 Å². The second kappa shape index (κ2) is 7.22. The molecule has 3 rings (SSSR count). The number of carbonyl (C=O) groups excluding carboxylic acids is 1. The third-order valence-corrected chi connectivity index (χ3v) is 4.19. The molecule has 0 bridgehead atoms. The van der Waals surface area contributed by atoms with Gasteiger partial charge >= 0.3 is 0 Å². The maximum atomic E-state index is 12.3. The van der Waals surface area contributed by atoms with Gasteiger partial charge in [-0.1, -0.05) is 30.3 Å². The van der Waals surface area contributed by atoms with Crippen LogP contribution in [0.5, 0.6) is 0 Å². The zero-order valence-corrected chi connectivity index (χ0v) is 13.4. The summed E-state index contributed by atoms with van der Waals surface area (Å²) in [5.74, 6) is 0.573. The van der Waals surface area contributed by atoms with Crippen LogP contribution in [0, 0.1) is 0 Å². The molecule has 2 heterocycles. The Kier molecular flexibility index (Phi) is 4.86. The average molecular weight is 310 g/mol. The van der Waals surface area contributed by atoms with Crippen LogP contribution < -0.4 is 10.2 Å². The van der Waals surface area contributed by atoms with Gasteiger partial charge in [-0.2, -0.15) is 0 Å². The molecule has 1 fully saturated rings. The van der Waals surface area contributed by atoms with Gasteiger partial charge in [-0.25, -0.2) is 9.97 Å². The van der Waals surface area contributed by atoms with Crippen molar-refractivity contribution in [1.29, 1.82) is 0 Å². The Labute approximate surface area is 136 Å². The van der Waals surface area contributed by atoms with Crippen LogP contribution in [0.3, 0.4) is 0 Å². The zero-order valence-electron chi connectivity index (χ0n) is 13.4. The van der Waals surface area contributed by atoms with E-state index >= 15 is 0 Å². The fraction of sp³-hybridized carbons (Fsp3) is 0.389. The van der Waals surface area contributed by atoms with Gasteiger partial charge < -0.3 is 10.2 Å². The van der Waals surface area contributed by atoms with E-state index in [0.717, 1.165) is 24.6 Å². The first-order valence-electron chi connectivity index (χ1n) is 8.17. The molecule has 1 unspecified atom stereocenters. The molecule has 1 aliphatic heterocycles. The molecule has 1 amide bonds. The predicted octanol–water partition coefficient (Wildman–Crippen LogP) is 2.96. The van der Waals surface area contributed by atoms with Gasteiger partial charge in [0.1, 0.15) is 0 Å². The fourth-order valence-electron chi connectivity index (χ4n) is 2.80. The molecule has 1 atom stereocenters. The van der Waals surface area contributed by atoms with E-state index in [-0.39, 0.29) is 11.9 Å². The van der Waals surface area contributed by atoms with E-state index in [1.54, 1.807) is 12.4 Å². The summed E-state index contributed by atoms with van der Waals surface area (Å²) in [4.78, 5) is 23.2. The quantitative estimate of drug-likeness (QED) is 0.943. The van der Waals surface area contributed by atoms with E-state index in [1.807, 2.05) is 37.3 Å². The van der Waals surface area contributed by atoms with E-state index in [4.69, 9.17) is 0 Å². The minimum absolute atomic E-state index is 0.0505. The van der Waals surface area contributed by atoms with Crippen molar-refractivity contribution in [1.82, 2.24) is 15.3 Å². The monoisotopic (exact) mass is 310 g/mol. The zero-order chi connectivity index (χ0) is 16.1. The molecule has 2 aromatic rings. The Morgan fingerprint density at radius 2 is 1.74 bits per heavy atom. The highest BCUT2D eigenvalue weighted by molar-refractivity contribution is 5.93. The maximum Gasteiger partial charge on any atom is 0.254 e. The number of rotatable bonds is 4. The van der Waals surface area contributed by atoms with Crippen LogP contribution in [0.4, 0.5) is 5.95 Å². The maximum absolute atomic E-state index is 12.3. The molecule has 0 aliphatic carbocycles. The first-order valence-corrected chi connectivity index (χ1v) is 8.17. The summed E-state index contributed by atoms with van der Waals surface area (Å²) in [6, 6.07) is 9.85. The van der Waals surface area contributed by atoms with Gasteiger partial charge in [-0.05, 0) is 31.7 Å². The lowest BCUT2D eigenvalue weighted by Gasteiger charge is -2.26. The lowest BCUT2D eigenvalue weighted by molar-refractivity contribution is 0.0939. The largest absolute Gasteiger partial charge is 0.345 e. The molecule has 5 heteroatoms. The van der Waals surface area contributed by atoms with E-state index in [2.05, 4.69) is 20.2 Å². The van der Waals surface area contributed by atoms with Crippen molar-refractivity contribution in [2.75, 3.05) is 18.0 Å². The van der Waals surface area contributed by atoms with Crippen LogP contribution in [-0.2, 0) is 0 Å². The number of nitrogens with zero attached hydrogens (tertiary/aromatic N) is 3. The fourth-order valence-corrected chi connectivity index (χ4v) is 2.80. The molecule has 1 aliphatic rings. The molecule has 5 nitrogen and oxygen atoms in total. The number of hydrogen-bond donors (Lipinski definition) is 1. The average Bonchev–Trinajstić information content (AvgIpc) is 2.63. The molecule has 1 N–H and O–H groups in total. The summed E-state index contributed by atoms with van der Waals surface area (Å²) < 4.78 is 0. The smallest absolute Gasteiger partial charge is 0.254 e. The molecular weight excluding hydrogens is 288 g/mol. The van der Waals surface area contributed by atoms with Crippen LogP contribution in [0.25, 0.3) is 0 Å². The lowest BCUT2D eigenvalue weighted by Crippen LogP contribution is -2.31. The third kappa shape index (κ3) is 3.86. The second-order valence-electron chi connectivity index (χ2n) is 5.93. The molecule has 120 valence electrons. The number of nitrogens with one attached hydrogen (secondary N) is 1. The van der Waals surface area contributed by atoms with Gasteiger partial charge in [0.2, 0.25) is 5.95 Å². The minimum Gasteiger partial charge on any atom is -0.345 e. The normalized spacial score (nSPS) is 16.0. The molecule has 1 aromatic carbocycles. The van der Waals surface area contributed by atoms with Crippen molar-refractivity contribution >= 4 is 11.9 Å². The highest BCUT2D eigenvalue weighted by Crippen LogP contribution is 2.16. The van der Waals surface area contributed by atoms with Crippen molar-refractivity contribution in [3.8, 4) is 0 Å². The highest BCUT2D eigenvalue weighted by Gasteiger charge is 2.15. The number of carbonyl (C=O) groups is 1. The first-order chi connectivity index (χ1) is 11.2. The van der Waals surface area contributed by atoms with Crippen LogP contribution in [0.2, 0.25) is 0 Å². The van der Waals surface area contributed by atoms with Gasteiger partial charge in [0.15, 0.2) is 0 Å². The standard InChI is InChI=1S/C18H22N4O/c1-14(15-8-4-2-5-9-15)21-17(23)16-12-19-18(20-13-16)22-10-6-3-7-11-22/h2,4-5,8-9,12-14H,3,6-7,10-11H2,1H3,(H,21,23). The van der Waals surface area contributed by atoms with Crippen LogP contribution in [0.15, 0.2) is 42.7 Å². The predicted molar refractivity (Wildman–Crippen MR) is 90.4 cm³/mol. The van der Waals surface area contributed by atoms with Gasteiger partial charge in [-0.15, -0.1) is 0 Å². The molecule has 0 radical (unpaired) electrons. The second-order valence-corrected chi connectivity index (χ2v) is 5.93. The first kappa shape index (κ1) is 15.5. The van der Waals surface area contributed by atoms with Crippen molar-refractivity contribution in [2.45, 2.75) is 32.2 Å². The van der Waals surface area contributed by atoms with Gasteiger partial charge in [0, 0.05) is 25.5 Å². The van der Waals surface area contributed by atoms with Crippen molar-refractivity contribution < 1.29 is 4.79 Å². The summed E-state index contributed by atoms with van der Waals surface area (Å²) in [6.45, 7) is 3.96. The number of aromatic nitrogens is 2. The number of piperidine rings is 1. The number of amides is 1. The summed E-state index contributed by atoms with van der Waals surface area (Å²) in [5, 5.41) is 2.98. The highest BCUT2D eigenvalue weighted by atomic mass is 16.1. The number of benzene rings is 1. The molecule has 23 heavy (non-hydrogen) atoms. The molecule has 0 saturated carbocycles. The van der Waals surface area contributed by atoms with Crippen molar-refractivity contribution in [2.24, 2.45) is 0 Å². The van der Waals surface area contributed by atoms with E-state index in [1.165, 1.54) is 19.3 Å². The SMILES string of the molecule is CC(NC(=O)c1cnc(N2CCCCC2)nc1)c1ccccc1. The summed E-state index contributed by atoms with van der Waals surface area (Å²) in [5.41, 5.74) is 1.57. The number of hydrogen-bond acceptors (Lipinski definition) is 4. The van der Waals surface area contributed by atoms with E-state index in [9.17, 15) is 4.79 Å². The van der Waals surface area contributed by atoms with Crippen molar-refractivity contribution in [3.63, 3.8) is 0 Å². The Bertz CT molecular complexity index is 636. The summed E-state index contributed by atoms with van der Waals surface area (Å²) in [6.07, 6.45) is 6.86. The molecule has 1 saturated heterocycles. The molecule has 0 spiro atoms. The lowest BCUT2D eigenvalue weighted by atomic mass is 10.1. The number of anilines is 1. The van der Waals surface area contributed by atoms with E-state index < -0.39 is 0 Å². The topological polar surface area (TPSA) is 58.1 Å². The molecular formula is C18H22N4O. The van der Waals surface area contributed by atoms with Crippen molar-refractivity contribution in [3.05, 3.63) is 53.9 Å². The Morgan fingerprint density at radius 3 is 2.39 bits per heavy atom. The van der Waals surface area contributed by atoms with Gasteiger partial charge in [0.05, 0.1) is 11.6 Å². The summed E-state index contributed by atoms with van der Waals surface area (Å²) >= 11 is 0. The summed E-state index contributed by atoms with van der Waals surface area (Å²) in [7, 11) is 0. The van der Waals surface area contributed by atoms with E-state index in [0.29, 0.717) is 5.56 Å².